The van der Waals surface area contributed by atoms with Crippen molar-refractivity contribution in [2.45, 2.75) is 44.8 Å². The largest absolute Gasteiger partial charge is 0.478 e. The van der Waals surface area contributed by atoms with Gasteiger partial charge in [0.25, 0.3) is 0 Å². The molecule has 1 aliphatic rings. The minimum absolute atomic E-state index is 0.134. The SMILES string of the molecule is CC(C)(Oc1cccc(C2CCCN(C(=O)OCc3ccc4ncccc4c3)C2)c1)C(=O)O. The number of hydrogen-bond acceptors (Lipinski definition) is 5. The topological polar surface area (TPSA) is 89.0 Å². The average molecular weight is 449 g/mol. The number of benzene rings is 2. The second-order valence-corrected chi connectivity index (χ2v) is 8.86. The summed E-state index contributed by atoms with van der Waals surface area (Å²) in [6, 6.07) is 17.2. The van der Waals surface area contributed by atoms with Gasteiger partial charge in [0.05, 0.1) is 5.52 Å². The number of aromatic nitrogens is 1. The summed E-state index contributed by atoms with van der Waals surface area (Å²) in [5.74, 6) is -0.387. The molecule has 1 amide bonds. The van der Waals surface area contributed by atoms with Crippen LogP contribution in [0.2, 0.25) is 0 Å². The number of fused-ring (bicyclic) bond motifs is 1. The summed E-state index contributed by atoms with van der Waals surface area (Å²) >= 11 is 0. The third-order valence-electron chi connectivity index (χ3n) is 5.93. The number of hydrogen-bond donors (Lipinski definition) is 1. The van der Waals surface area contributed by atoms with Crippen molar-refractivity contribution in [3.05, 3.63) is 71.9 Å². The van der Waals surface area contributed by atoms with Crippen molar-refractivity contribution in [1.82, 2.24) is 9.88 Å². The van der Waals surface area contributed by atoms with Gasteiger partial charge in [-0.1, -0.05) is 24.3 Å². The van der Waals surface area contributed by atoms with Crippen LogP contribution in [0.4, 0.5) is 4.79 Å². The van der Waals surface area contributed by atoms with E-state index in [1.807, 2.05) is 48.5 Å². The molecule has 4 rings (SSSR count). The van der Waals surface area contributed by atoms with Gasteiger partial charge in [0, 0.05) is 30.6 Å². The number of rotatable bonds is 6. The van der Waals surface area contributed by atoms with Crippen LogP contribution in [0.1, 0.15) is 43.7 Å². The Labute approximate surface area is 193 Å². The molecule has 1 aromatic heterocycles. The number of aliphatic carboxylic acids is 1. The minimum Gasteiger partial charge on any atom is -0.478 e. The lowest BCUT2D eigenvalue weighted by molar-refractivity contribution is -0.152. The second kappa shape index (κ2) is 9.48. The summed E-state index contributed by atoms with van der Waals surface area (Å²) in [7, 11) is 0. The van der Waals surface area contributed by atoms with Crippen LogP contribution in [0, 0.1) is 0 Å². The Hall–Kier alpha value is -3.61. The van der Waals surface area contributed by atoms with E-state index < -0.39 is 11.6 Å². The number of likely N-dealkylation sites (tertiary alicyclic amines) is 1. The summed E-state index contributed by atoms with van der Waals surface area (Å²) in [4.78, 5) is 30.2. The van der Waals surface area contributed by atoms with Gasteiger partial charge in [-0.05, 0) is 68.1 Å². The van der Waals surface area contributed by atoms with Crippen LogP contribution < -0.4 is 4.74 Å². The summed E-state index contributed by atoms with van der Waals surface area (Å²) in [5.41, 5.74) is 1.53. The van der Waals surface area contributed by atoms with Crippen molar-refractivity contribution >= 4 is 23.0 Å². The number of nitrogens with zero attached hydrogens (tertiary/aromatic N) is 2. The van der Waals surface area contributed by atoms with Gasteiger partial charge in [-0.25, -0.2) is 9.59 Å². The molecule has 0 saturated carbocycles. The molecule has 1 atom stereocenters. The molecule has 3 aromatic rings. The molecule has 0 aliphatic carbocycles. The quantitative estimate of drug-likeness (QED) is 0.571. The van der Waals surface area contributed by atoms with E-state index in [9.17, 15) is 14.7 Å². The van der Waals surface area contributed by atoms with Gasteiger partial charge in [0.1, 0.15) is 12.4 Å². The van der Waals surface area contributed by atoms with Crippen LogP contribution in [0.3, 0.4) is 0 Å². The lowest BCUT2D eigenvalue weighted by Gasteiger charge is -2.32. The van der Waals surface area contributed by atoms with Crippen LogP contribution >= 0.6 is 0 Å². The highest BCUT2D eigenvalue weighted by Crippen LogP contribution is 2.30. The number of amides is 1. The molecule has 0 radical (unpaired) electrons. The van der Waals surface area contributed by atoms with E-state index in [1.165, 1.54) is 13.8 Å². The zero-order chi connectivity index (χ0) is 23.4. The molecular weight excluding hydrogens is 420 g/mol. The molecule has 1 saturated heterocycles. The van der Waals surface area contributed by atoms with Gasteiger partial charge < -0.3 is 19.5 Å². The van der Waals surface area contributed by atoms with Crippen molar-refractivity contribution < 1.29 is 24.2 Å². The maximum Gasteiger partial charge on any atom is 0.410 e. The molecule has 1 N–H and O–H groups in total. The minimum atomic E-state index is -1.32. The zero-order valence-electron chi connectivity index (χ0n) is 18.9. The molecule has 33 heavy (non-hydrogen) atoms. The van der Waals surface area contributed by atoms with Gasteiger partial charge in [-0.2, -0.15) is 0 Å². The number of carboxylic acids is 1. The van der Waals surface area contributed by atoms with E-state index in [-0.39, 0.29) is 18.6 Å². The fraction of sp³-hybridized carbons (Fsp3) is 0.346. The highest BCUT2D eigenvalue weighted by Gasteiger charge is 2.30. The fourth-order valence-corrected chi connectivity index (χ4v) is 4.04. The Morgan fingerprint density at radius 2 is 2.00 bits per heavy atom. The van der Waals surface area contributed by atoms with E-state index in [2.05, 4.69) is 4.98 Å². The predicted octanol–water partition coefficient (Wildman–Crippen LogP) is 4.99. The van der Waals surface area contributed by atoms with Gasteiger partial charge in [0.2, 0.25) is 0 Å². The van der Waals surface area contributed by atoms with Gasteiger partial charge in [-0.15, -0.1) is 0 Å². The van der Waals surface area contributed by atoms with E-state index in [0.29, 0.717) is 18.8 Å². The second-order valence-electron chi connectivity index (χ2n) is 8.86. The number of carboxylic acid groups (broad SMARTS) is 1. The van der Waals surface area contributed by atoms with Crippen LogP contribution in [-0.2, 0) is 16.1 Å². The highest BCUT2D eigenvalue weighted by molar-refractivity contribution is 5.79. The smallest absolute Gasteiger partial charge is 0.410 e. The van der Waals surface area contributed by atoms with Crippen LogP contribution in [0.15, 0.2) is 60.8 Å². The maximum atomic E-state index is 12.7. The van der Waals surface area contributed by atoms with Crippen molar-refractivity contribution in [2.24, 2.45) is 0 Å². The Morgan fingerprint density at radius 1 is 1.15 bits per heavy atom. The molecule has 0 bridgehead atoms. The molecule has 1 aliphatic heterocycles. The van der Waals surface area contributed by atoms with Crippen LogP contribution in [0.25, 0.3) is 10.9 Å². The maximum absolute atomic E-state index is 12.7. The number of carbonyl (C=O) groups is 2. The summed E-state index contributed by atoms with van der Waals surface area (Å²) in [6.45, 7) is 4.45. The van der Waals surface area contributed by atoms with Crippen molar-refractivity contribution in [1.29, 1.82) is 0 Å². The Balaban J connectivity index is 1.38. The predicted molar refractivity (Wildman–Crippen MR) is 124 cm³/mol. The molecule has 1 unspecified atom stereocenters. The first-order valence-electron chi connectivity index (χ1n) is 11.1. The molecule has 1 fully saturated rings. The Bertz CT molecular complexity index is 1160. The first kappa shape index (κ1) is 22.6. The van der Waals surface area contributed by atoms with E-state index in [4.69, 9.17) is 9.47 Å². The lowest BCUT2D eigenvalue weighted by Crippen LogP contribution is -2.39. The van der Waals surface area contributed by atoms with E-state index in [1.54, 1.807) is 17.2 Å². The molecule has 2 heterocycles. The monoisotopic (exact) mass is 448 g/mol. The van der Waals surface area contributed by atoms with Crippen molar-refractivity contribution in [2.75, 3.05) is 13.1 Å². The first-order chi connectivity index (χ1) is 15.8. The van der Waals surface area contributed by atoms with E-state index in [0.717, 1.165) is 34.9 Å². The zero-order valence-corrected chi connectivity index (χ0v) is 18.9. The fourth-order valence-electron chi connectivity index (χ4n) is 4.04. The average Bonchev–Trinajstić information content (AvgIpc) is 2.82. The van der Waals surface area contributed by atoms with Crippen LogP contribution in [0.5, 0.6) is 5.75 Å². The molecule has 7 heteroatoms. The third kappa shape index (κ3) is 5.42. The highest BCUT2D eigenvalue weighted by atomic mass is 16.6. The van der Waals surface area contributed by atoms with Crippen molar-refractivity contribution in [3.8, 4) is 5.75 Å². The van der Waals surface area contributed by atoms with Crippen LogP contribution in [-0.4, -0.2) is 45.7 Å². The third-order valence-corrected chi connectivity index (χ3v) is 5.93. The van der Waals surface area contributed by atoms with Gasteiger partial charge in [-0.3, -0.25) is 4.98 Å². The number of carbonyl (C=O) groups excluding carboxylic acids is 1. The van der Waals surface area contributed by atoms with Crippen molar-refractivity contribution in [3.63, 3.8) is 0 Å². The standard InChI is InChI=1S/C26H28N2O5/c1-26(2,24(29)30)33-22-9-3-6-19(15-22)21-8-5-13-28(16-21)25(31)32-17-18-10-11-23-20(14-18)7-4-12-27-23/h3-4,6-7,9-12,14-15,21H,5,8,13,16-17H2,1-2H3,(H,29,30). The molecule has 2 aromatic carbocycles. The molecular formula is C26H28N2O5. The summed E-state index contributed by atoms with van der Waals surface area (Å²) in [6.07, 6.45) is 3.23. The van der Waals surface area contributed by atoms with Gasteiger partial charge >= 0.3 is 12.1 Å². The number of piperidine rings is 1. The summed E-state index contributed by atoms with van der Waals surface area (Å²) < 4.78 is 11.3. The molecule has 0 spiro atoms. The lowest BCUT2D eigenvalue weighted by atomic mass is 9.90. The first-order valence-corrected chi connectivity index (χ1v) is 11.1. The Kier molecular flexibility index (Phi) is 6.49. The molecule has 7 nitrogen and oxygen atoms in total. The number of ether oxygens (including phenoxy) is 2. The normalized spacial score (nSPS) is 16.4. The van der Waals surface area contributed by atoms with Gasteiger partial charge in [0.15, 0.2) is 5.60 Å². The summed E-state index contributed by atoms with van der Waals surface area (Å²) in [5, 5.41) is 10.3. The number of pyridine rings is 1. The Morgan fingerprint density at radius 3 is 2.82 bits per heavy atom. The van der Waals surface area contributed by atoms with E-state index >= 15 is 0 Å². The molecule has 172 valence electrons.